The van der Waals surface area contributed by atoms with Crippen molar-refractivity contribution in [2.24, 2.45) is 0 Å². The molecule has 1 aliphatic heterocycles. The quantitative estimate of drug-likeness (QED) is 0.379. The molecule has 0 aromatic rings. The summed E-state index contributed by atoms with van der Waals surface area (Å²) in [5, 5.41) is 0. The van der Waals surface area contributed by atoms with Gasteiger partial charge in [0.2, 0.25) is 16.7 Å². The summed E-state index contributed by atoms with van der Waals surface area (Å²) in [6.07, 6.45) is 3.96. The summed E-state index contributed by atoms with van der Waals surface area (Å²) in [4.78, 5) is 2.10. The highest BCUT2D eigenvalue weighted by Gasteiger charge is 2.13. The highest BCUT2D eigenvalue weighted by atomic mass is 32.3. The third-order valence-corrected chi connectivity index (χ3v) is 2.21. The third kappa shape index (κ3) is 7.06. The topological polar surface area (TPSA) is 72.7 Å². The summed E-state index contributed by atoms with van der Waals surface area (Å²) >= 11 is 0. The molecule has 7 heteroatoms. The standard InChI is InChI=1S/C7H13N2.CH4O4S/c1-3-8-5-6-9(4-2)7-8;1-5-6(2,3)4/h3,7H,1,4-6H2,2H3;1H3,(H,2,3,4)/q+1;/p-1. The average Bonchev–Trinajstić information content (AvgIpc) is 2.65. The van der Waals surface area contributed by atoms with Crippen LogP contribution in [-0.2, 0) is 14.6 Å². The maximum Gasteiger partial charge on any atom is 0.239 e. The SMILES string of the molecule is C=CN1C=[N+](CC)CC1.COS(=O)(=O)[O-]. The van der Waals surface area contributed by atoms with Gasteiger partial charge in [0.25, 0.3) is 0 Å². The van der Waals surface area contributed by atoms with E-state index in [0.29, 0.717) is 0 Å². The van der Waals surface area contributed by atoms with Crippen LogP contribution in [0.4, 0.5) is 0 Å². The number of hydrogen-bond donors (Lipinski definition) is 0. The fourth-order valence-corrected chi connectivity index (χ4v) is 0.947. The summed E-state index contributed by atoms with van der Waals surface area (Å²) in [6, 6.07) is 0. The smallest absolute Gasteiger partial charge is 0.239 e. The third-order valence-electron chi connectivity index (χ3n) is 1.80. The molecule has 1 rings (SSSR count). The maximum absolute atomic E-state index is 9.22. The van der Waals surface area contributed by atoms with E-state index >= 15 is 0 Å². The molecule has 0 radical (unpaired) electrons. The number of hydrogen-bond acceptors (Lipinski definition) is 5. The Balaban J connectivity index is 0.000000288. The first kappa shape index (κ1) is 14.1. The van der Waals surface area contributed by atoms with Gasteiger partial charge >= 0.3 is 0 Å². The van der Waals surface area contributed by atoms with Gasteiger partial charge in [-0.1, -0.05) is 6.58 Å². The van der Waals surface area contributed by atoms with Crippen molar-refractivity contribution in [3.63, 3.8) is 0 Å². The van der Waals surface area contributed by atoms with Gasteiger partial charge in [0.15, 0.2) is 0 Å². The molecule has 0 atom stereocenters. The van der Waals surface area contributed by atoms with E-state index in [-0.39, 0.29) is 0 Å². The van der Waals surface area contributed by atoms with Crippen molar-refractivity contribution in [1.29, 1.82) is 0 Å². The van der Waals surface area contributed by atoms with Gasteiger partial charge in [0.1, 0.15) is 13.1 Å². The van der Waals surface area contributed by atoms with Crippen LogP contribution < -0.4 is 0 Å². The van der Waals surface area contributed by atoms with Crippen LogP contribution >= 0.6 is 0 Å². The van der Waals surface area contributed by atoms with Crippen molar-refractivity contribution >= 4 is 16.7 Å². The Hall–Kier alpha value is -0.920. The Morgan fingerprint density at radius 2 is 2.27 bits per heavy atom. The monoisotopic (exact) mass is 236 g/mol. The van der Waals surface area contributed by atoms with E-state index in [4.69, 9.17) is 0 Å². The molecule has 1 aliphatic rings. The van der Waals surface area contributed by atoms with Crippen LogP contribution in [0.2, 0.25) is 0 Å². The first-order valence-corrected chi connectivity index (χ1v) is 5.75. The van der Waals surface area contributed by atoms with Gasteiger partial charge < -0.3 is 4.55 Å². The van der Waals surface area contributed by atoms with Crippen LogP contribution in [0.25, 0.3) is 0 Å². The molecule has 0 bridgehead atoms. The Morgan fingerprint density at radius 1 is 1.73 bits per heavy atom. The minimum Gasteiger partial charge on any atom is -0.726 e. The van der Waals surface area contributed by atoms with E-state index in [9.17, 15) is 13.0 Å². The lowest BCUT2D eigenvalue weighted by Crippen LogP contribution is -2.09. The molecule has 0 spiro atoms. The summed E-state index contributed by atoms with van der Waals surface area (Å²) in [6.45, 7) is 9.17. The van der Waals surface area contributed by atoms with Gasteiger partial charge in [-0.3, -0.25) is 8.76 Å². The minimum atomic E-state index is -4.41. The van der Waals surface area contributed by atoms with Crippen LogP contribution in [-0.4, -0.2) is 55.5 Å². The van der Waals surface area contributed by atoms with Crippen LogP contribution in [0.1, 0.15) is 6.92 Å². The minimum absolute atomic E-state index is 0.808. The van der Waals surface area contributed by atoms with Crippen molar-refractivity contribution in [1.82, 2.24) is 4.90 Å². The van der Waals surface area contributed by atoms with E-state index in [1.807, 2.05) is 6.20 Å². The summed E-state index contributed by atoms with van der Waals surface area (Å²) in [7, 11) is -3.60. The van der Waals surface area contributed by atoms with Gasteiger partial charge in [0, 0.05) is 0 Å². The Labute approximate surface area is 90.4 Å². The average molecular weight is 236 g/mol. The molecule has 1 heterocycles. The van der Waals surface area contributed by atoms with Crippen molar-refractivity contribution in [3.05, 3.63) is 12.8 Å². The van der Waals surface area contributed by atoms with Crippen molar-refractivity contribution in [3.8, 4) is 0 Å². The predicted molar refractivity (Wildman–Crippen MR) is 55.3 cm³/mol. The molecule has 15 heavy (non-hydrogen) atoms. The molecule has 0 aromatic carbocycles. The fourth-order valence-electron chi connectivity index (χ4n) is 0.947. The first-order chi connectivity index (χ1) is 6.92. The maximum atomic E-state index is 9.22. The fraction of sp³-hybridized carbons (Fsp3) is 0.625. The summed E-state index contributed by atoms with van der Waals surface area (Å²) in [5.41, 5.74) is 0. The lowest BCUT2D eigenvalue weighted by atomic mass is 10.6. The van der Waals surface area contributed by atoms with Crippen molar-refractivity contribution < 1.29 is 21.7 Å². The summed E-state index contributed by atoms with van der Waals surface area (Å²) < 4.78 is 33.3. The number of nitrogens with zero attached hydrogens (tertiary/aromatic N) is 2. The van der Waals surface area contributed by atoms with Gasteiger partial charge in [-0.15, -0.1) is 0 Å². The van der Waals surface area contributed by atoms with E-state index in [2.05, 4.69) is 33.5 Å². The number of rotatable bonds is 3. The molecule has 6 nitrogen and oxygen atoms in total. The zero-order chi connectivity index (χ0) is 11.9. The molecule has 0 saturated carbocycles. The second-order valence-corrected chi connectivity index (χ2v) is 3.89. The van der Waals surface area contributed by atoms with E-state index in [1.54, 1.807) is 0 Å². The first-order valence-electron chi connectivity index (χ1n) is 4.41. The highest BCUT2D eigenvalue weighted by molar-refractivity contribution is 7.80. The normalized spacial score (nSPS) is 15.4. The van der Waals surface area contributed by atoms with Crippen LogP contribution in [0.3, 0.4) is 0 Å². The molecule has 0 aromatic heterocycles. The van der Waals surface area contributed by atoms with Gasteiger partial charge in [-0.2, -0.15) is 0 Å². The Bertz CT molecular complexity index is 324. The summed E-state index contributed by atoms with van der Waals surface area (Å²) in [5.74, 6) is 0. The Morgan fingerprint density at radius 3 is 2.47 bits per heavy atom. The lowest BCUT2D eigenvalue weighted by Gasteiger charge is -1.98. The molecule has 0 N–H and O–H groups in total. The molecular weight excluding hydrogens is 220 g/mol. The van der Waals surface area contributed by atoms with Gasteiger partial charge in [0.05, 0.1) is 19.9 Å². The van der Waals surface area contributed by atoms with E-state index in [1.165, 1.54) is 0 Å². The van der Waals surface area contributed by atoms with Gasteiger partial charge in [-0.25, -0.2) is 13.3 Å². The molecule has 0 aliphatic carbocycles. The molecule has 0 amide bonds. The molecule has 0 saturated heterocycles. The van der Waals surface area contributed by atoms with Crippen molar-refractivity contribution in [2.45, 2.75) is 6.92 Å². The second kappa shape index (κ2) is 6.54. The second-order valence-electron chi connectivity index (χ2n) is 2.74. The molecule has 0 fully saturated rings. The zero-order valence-corrected chi connectivity index (χ0v) is 9.74. The van der Waals surface area contributed by atoms with E-state index < -0.39 is 10.4 Å². The van der Waals surface area contributed by atoms with E-state index in [0.717, 1.165) is 26.7 Å². The largest absolute Gasteiger partial charge is 0.726 e. The van der Waals surface area contributed by atoms with Gasteiger partial charge in [-0.05, 0) is 6.92 Å². The zero-order valence-electron chi connectivity index (χ0n) is 8.92. The van der Waals surface area contributed by atoms with Crippen molar-refractivity contribution in [2.75, 3.05) is 26.7 Å². The van der Waals surface area contributed by atoms with Crippen LogP contribution in [0.15, 0.2) is 12.8 Å². The highest BCUT2D eigenvalue weighted by Crippen LogP contribution is 1.92. The Kier molecular flexibility index (Phi) is 6.14. The molecule has 0 unspecified atom stereocenters. The predicted octanol–water partition coefficient (Wildman–Crippen LogP) is -0.401. The lowest BCUT2D eigenvalue weighted by molar-refractivity contribution is -0.509. The van der Waals surface area contributed by atoms with Crippen LogP contribution in [0.5, 0.6) is 0 Å². The number of likely N-dealkylation sites (N-methyl/N-ethyl adjacent to an activating group) is 1. The van der Waals surface area contributed by atoms with Crippen LogP contribution in [0, 0.1) is 0 Å². The molecular formula is C8H16N2O4S. The molecule has 88 valence electrons.